The second kappa shape index (κ2) is 6.73. The topological polar surface area (TPSA) is 44.6 Å². The van der Waals surface area contributed by atoms with Gasteiger partial charge < -0.3 is 5.11 Å². The third-order valence-corrected chi connectivity index (χ3v) is 4.48. The molecule has 23 heavy (non-hydrogen) atoms. The summed E-state index contributed by atoms with van der Waals surface area (Å²) in [6, 6.07) is 13.7. The predicted octanol–water partition coefficient (Wildman–Crippen LogP) is 4.48. The second-order valence-electron chi connectivity index (χ2n) is 5.93. The lowest BCUT2D eigenvalue weighted by molar-refractivity contribution is 0.419. The third kappa shape index (κ3) is 3.57. The summed E-state index contributed by atoms with van der Waals surface area (Å²) >= 11 is 6.09. The Hall–Kier alpha value is -1.84. The largest absolute Gasteiger partial charge is 0.508 e. The van der Waals surface area contributed by atoms with E-state index in [0.29, 0.717) is 5.02 Å². The Bertz CT molecular complexity index is 725. The van der Waals surface area contributed by atoms with Gasteiger partial charge in [0.25, 0.3) is 0 Å². The van der Waals surface area contributed by atoms with Gasteiger partial charge in [-0.15, -0.1) is 0 Å². The van der Waals surface area contributed by atoms with Crippen LogP contribution in [-0.4, -0.2) is 17.0 Å². The van der Waals surface area contributed by atoms with Crippen LogP contribution in [0.1, 0.15) is 43.0 Å². The molecule has 2 unspecified atom stereocenters. The molecule has 3 nitrogen and oxygen atoms in total. The van der Waals surface area contributed by atoms with Crippen LogP contribution in [-0.2, 0) is 6.42 Å². The minimum Gasteiger partial charge on any atom is -0.508 e. The zero-order chi connectivity index (χ0) is 16.4. The zero-order valence-corrected chi connectivity index (χ0v) is 14.1. The van der Waals surface area contributed by atoms with Crippen LogP contribution in [0.25, 0.3) is 0 Å². The summed E-state index contributed by atoms with van der Waals surface area (Å²) in [4.78, 5) is 4.73. The molecule has 0 spiro atoms. The van der Waals surface area contributed by atoms with Crippen LogP contribution in [0, 0.1) is 0 Å². The van der Waals surface area contributed by atoms with Gasteiger partial charge in [0, 0.05) is 28.8 Å². The monoisotopic (exact) mass is 328 g/mol. The van der Waals surface area contributed by atoms with Gasteiger partial charge >= 0.3 is 0 Å². The van der Waals surface area contributed by atoms with Crippen LogP contribution in [0.3, 0.4) is 0 Å². The maximum absolute atomic E-state index is 10.2. The smallest absolute Gasteiger partial charge is 0.120 e. The van der Waals surface area contributed by atoms with Gasteiger partial charge in [-0.05, 0) is 42.7 Å². The van der Waals surface area contributed by atoms with E-state index in [1.165, 1.54) is 5.56 Å². The molecular weight excluding hydrogens is 308 g/mol. The van der Waals surface area contributed by atoms with Crippen LogP contribution in [0.4, 0.5) is 0 Å². The van der Waals surface area contributed by atoms with E-state index in [-0.39, 0.29) is 18.0 Å². The number of aryl methyl sites for hydroxylation is 1. The fourth-order valence-electron chi connectivity index (χ4n) is 3.00. The molecule has 2 aromatic carbocycles. The van der Waals surface area contributed by atoms with Crippen molar-refractivity contribution in [1.82, 2.24) is 5.32 Å². The Labute approximate surface area is 142 Å². The molecule has 0 radical (unpaired) electrons. The number of benzene rings is 2. The number of nitrogens with one attached hydrogen (secondary N) is 1. The molecule has 120 valence electrons. The maximum atomic E-state index is 10.2. The van der Waals surface area contributed by atoms with Crippen LogP contribution >= 0.6 is 11.6 Å². The van der Waals surface area contributed by atoms with Crippen molar-refractivity contribution < 1.29 is 5.11 Å². The van der Waals surface area contributed by atoms with Gasteiger partial charge in [-0.2, -0.15) is 0 Å². The summed E-state index contributed by atoms with van der Waals surface area (Å²) in [7, 11) is 0. The van der Waals surface area contributed by atoms with Gasteiger partial charge in [0.1, 0.15) is 5.75 Å². The summed E-state index contributed by atoms with van der Waals surface area (Å²) in [5.74, 6) is 0.265. The lowest BCUT2D eigenvalue weighted by atomic mass is 9.94. The van der Waals surface area contributed by atoms with Crippen molar-refractivity contribution in [2.75, 3.05) is 0 Å². The minimum absolute atomic E-state index is 0.00190. The zero-order valence-electron chi connectivity index (χ0n) is 13.4. The van der Waals surface area contributed by atoms with E-state index >= 15 is 0 Å². The Kier molecular flexibility index (Phi) is 4.69. The predicted molar refractivity (Wildman–Crippen MR) is 95.4 cm³/mol. The number of hydrogen-bond acceptors (Lipinski definition) is 3. The van der Waals surface area contributed by atoms with Gasteiger partial charge in [-0.25, -0.2) is 0 Å². The highest BCUT2D eigenvalue weighted by Gasteiger charge is 2.24. The Morgan fingerprint density at radius 3 is 2.65 bits per heavy atom. The number of rotatable bonds is 3. The average Bonchev–Trinajstić information content (AvgIpc) is 2.56. The van der Waals surface area contributed by atoms with Crippen LogP contribution in [0.15, 0.2) is 47.5 Å². The van der Waals surface area contributed by atoms with Crippen molar-refractivity contribution >= 4 is 17.3 Å². The summed E-state index contributed by atoms with van der Waals surface area (Å²) in [5.41, 5.74) is 4.34. The molecule has 0 aromatic heterocycles. The van der Waals surface area contributed by atoms with Gasteiger partial charge in [0.15, 0.2) is 0 Å². The number of halogens is 1. The van der Waals surface area contributed by atoms with Crippen molar-refractivity contribution in [2.24, 2.45) is 4.99 Å². The average molecular weight is 329 g/mol. The van der Waals surface area contributed by atoms with Crippen molar-refractivity contribution in [3.8, 4) is 5.75 Å². The van der Waals surface area contributed by atoms with Gasteiger partial charge in [-0.1, -0.05) is 42.8 Å². The highest BCUT2D eigenvalue weighted by molar-refractivity contribution is 6.30. The molecule has 0 saturated carbocycles. The maximum Gasteiger partial charge on any atom is 0.120 e. The number of aromatic hydroxyl groups is 1. The lowest BCUT2D eigenvalue weighted by Crippen LogP contribution is -2.36. The normalized spacial score (nSPS) is 21.1. The Morgan fingerprint density at radius 2 is 1.96 bits per heavy atom. The van der Waals surface area contributed by atoms with E-state index < -0.39 is 0 Å². The van der Waals surface area contributed by atoms with E-state index in [1.54, 1.807) is 12.1 Å². The van der Waals surface area contributed by atoms with E-state index in [9.17, 15) is 5.11 Å². The first-order valence-corrected chi connectivity index (χ1v) is 8.35. The number of phenolic OH excluding ortho intramolecular Hbond substituents is 1. The summed E-state index contributed by atoms with van der Waals surface area (Å²) in [6.07, 6.45) is 1.75. The molecule has 1 aliphatic rings. The van der Waals surface area contributed by atoms with Gasteiger partial charge in [0.2, 0.25) is 0 Å². The van der Waals surface area contributed by atoms with Crippen LogP contribution in [0.2, 0.25) is 5.02 Å². The van der Waals surface area contributed by atoms with Gasteiger partial charge in [0.05, 0.1) is 6.17 Å². The van der Waals surface area contributed by atoms with E-state index in [4.69, 9.17) is 16.6 Å². The molecule has 2 N–H and O–H groups in total. The second-order valence-corrected chi connectivity index (χ2v) is 6.37. The van der Waals surface area contributed by atoms with Crippen molar-refractivity contribution in [3.05, 3.63) is 64.2 Å². The minimum atomic E-state index is -0.00650. The molecular formula is C19H21ClN2O. The first-order valence-electron chi connectivity index (χ1n) is 7.97. The number of aliphatic imine (C=N–C) groups is 1. The van der Waals surface area contributed by atoms with Crippen LogP contribution < -0.4 is 5.32 Å². The standard InChI is InChI=1S/C19H21ClN2O/c1-3-13-4-6-14(7-5-13)17-11-18(22-12(2)21-17)16-10-15(20)8-9-19(16)23/h4-10,12,18,22-23H,3,11H2,1-2H3. The van der Waals surface area contributed by atoms with E-state index in [2.05, 4.69) is 36.5 Å². The summed E-state index contributed by atoms with van der Waals surface area (Å²) in [5, 5.41) is 14.2. The fraction of sp³-hybridized carbons (Fsp3) is 0.316. The van der Waals surface area contributed by atoms with Crippen molar-refractivity contribution in [2.45, 2.75) is 38.9 Å². The summed E-state index contributed by atoms with van der Waals surface area (Å²) in [6.45, 7) is 4.17. The summed E-state index contributed by atoms with van der Waals surface area (Å²) < 4.78 is 0. The molecule has 3 rings (SSSR count). The molecule has 1 aliphatic heterocycles. The molecule has 2 aromatic rings. The molecule has 4 heteroatoms. The molecule has 0 aliphatic carbocycles. The molecule has 0 bridgehead atoms. The number of phenols is 1. The molecule has 1 heterocycles. The number of hydrogen-bond donors (Lipinski definition) is 2. The van der Waals surface area contributed by atoms with E-state index in [0.717, 1.165) is 29.7 Å². The molecule has 0 amide bonds. The fourth-order valence-corrected chi connectivity index (χ4v) is 3.18. The lowest BCUT2D eigenvalue weighted by Gasteiger charge is -2.29. The molecule has 0 saturated heterocycles. The first kappa shape index (κ1) is 16.0. The highest BCUT2D eigenvalue weighted by Crippen LogP contribution is 2.32. The van der Waals surface area contributed by atoms with Gasteiger partial charge in [-0.3, -0.25) is 10.3 Å². The first-order chi connectivity index (χ1) is 11.1. The van der Waals surface area contributed by atoms with Crippen molar-refractivity contribution in [1.29, 1.82) is 0 Å². The Morgan fingerprint density at radius 1 is 1.22 bits per heavy atom. The SMILES string of the molecule is CCc1ccc(C2=NC(C)NC(c3cc(Cl)ccc3O)C2)cc1. The molecule has 0 fully saturated rings. The van der Waals surface area contributed by atoms with Crippen LogP contribution in [0.5, 0.6) is 5.75 Å². The quantitative estimate of drug-likeness (QED) is 0.872. The van der Waals surface area contributed by atoms with E-state index in [1.807, 2.05) is 13.0 Å². The Balaban J connectivity index is 1.89. The molecule has 2 atom stereocenters. The highest BCUT2D eigenvalue weighted by atomic mass is 35.5. The number of nitrogens with zero attached hydrogens (tertiary/aromatic N) is 1. The van der Waals surface area contributed by atoms with Crippen molar-refractivity contribution in [3.63, 3.8) is 0 Å². The third-order valence-electron chi connectivity index (χ3n) is 4.25.